The molecule has 0 radical (unpaired) electrons. The SMILES string of the molecule is CCCCCCCCCCCCCCCCCCCC(=O)OC[C@H](COP(=O)(O)OC[C@@H](O)COP(=O)(O)OC[C@@H](COC(=O)CCCCCCC)OC(=O)CCCCCCC)OC(=O)CCCCCCCCCCCCCCCCCCC. The highest BCUT2D eigenvalue weighted by atomic mass is 31.2. The second-order valence-electron chi connectivity index (χ2n) is 23.5. The van der Waals surface area contributed by atoms with Crippen LogP contribution < -0.4 is 0 Å². The Morgan fingerprint density at radius 1 is 0.286 bits per heavy atom. The average molecular weight is 1240 g/mol. The van der Waals surface area contributed by atoms with Gasteiger partial charge in [-0.25, -0.2) is 9.13 Å². The van der Waals surface area contributed by atoms with Crippen molar-refractivity contribution < 1.29 is 80.2 Å². The minimum absolute atomic E-state index is 0.0992. The molecule has 498 valence electrons. The molecule has 0 aromatic rings. The molecule has 0 aliphatic heterocycles. The maximum Gasteiger partial charge on any atom is 0.472 e. The molecule has 0 aromatic carbocycles. The maximum absolute atomic E-state index is 13.0. The number of aliphatic hydroxyl groups is 1. The van der Waals surface area contributed by atoms with Crippen molar-refractivity contribution in [2.24, 2.45) is 0 Å². The smallest absolute Gasteiger partial charge is 0.462 e. The largest absolute Gasteiger partial charge is 0.472 e. The van der Waals surface area contributed by atoms with Crippen LogP contribution >= 0.6 is 15.6 Å². The lowest BCUT2D eigenvalue weighted by Gasteiger charge is -2.21. The van der Waals surface area contributed by atoms with Crippen molar-refractivity contribution in [1.82, 2.24) is 0 Å². The molecule has 0 aliphatic carbocycles. The van der Waals surface area contributed by atoms with Gasteiger partial charge in [-0.15, -0.1) is 0 Å². The lowest BCUT2D eigenvalue weighted by Crippen LogP contribution is -2.30. The first-order chi connectivity index (χ1) is 40.7. The van der Waals surface area contributed by atoms with Crippen LogP contribution in [0.1, 0.15) is 336 Å². The molecule has 0 saturated carbocycles. The van der Waals surface area contributed by atoms with Crippen molar-refractivity contribution in [2.75, 3.05) is 39.6 Å². The van der Waals surface area contributed by atoms with Gasteiger partial charge in [0.25, 0.3) is 0 Å². The minimum atomic E-state index is -4.94. The number of phosphoric ester groups is 2. The zero-order chi connectivity index (χ0) is 61.9. The van der Waals surface area contributed by atoms with Crippen molar-refractivity contribution >= 4 is 39.5 Å². The van der Waals surface area contributed by atoms with Crippen LogP contribution in [0, 0.1) is 0 Å². The van der Waals surface area contributed by atoms with Crippen LogP contribution in [-0.2, 0) is 65.4 Å². The summed E-state index contributed by atoms with van der Waals surface area (Å²) in [5.41, 5.74) is 0. The van der Waals surface area contributed by atoms with Crippen molar-refractivity contribution in [3.63, 3.8) is 0 Å². The summed E-state index contributed by atoms with van der Waals surface area (Å²) in [7, 11) is -9.87. The lowest BCUT2D eigenvalue weighted by atomic mass is 10.0. The van der Waals surface area contributed by atoms with Crippen LogP contribution in [0.4, 0.5) is 0 Å². The van der Waals surface area contributed by atoms with Crippen molar-refractivity contribution in [3.05, 3.63) is 0 Å². The Balaban J connectivity index is 5.07. The van der Waals surface area contributed by atoms with Crippen LogP contribution in [0.3, 0.4) is 0 Å². The quantitative estimate of drug-likeness (QED) is 0.0222. The van der Waals surface area contributed by atoms with Crippen LogP contribution in [0.25, 0.3) is 0 Å². The van der Waals surface area contributed by atoms with E-state index in [0.29, 0.717) is 25.7 Å². The molecule has 0 aliphatic rings. The summed E-state index contributed by atoms with van der Waals surface area (Å²) in [5, 5.41) is 10.5. The van der Waals surface area contributed by atoms with E-state index in [-0.39, 0.29) is 25.7 Å². The van der Waals surface area contributed by atoms with E-state index >= 15 is 0 Å². The number of aliphatic hydroxyl groups excluding tert-OH is 1. The van der Waals surface area contributed by atoms with E-state index in [1.54, 1.807) is 0 Å². The van der Waals surface area contributed by atoms with Crippen molar-refractivity contribution in [1.29, 1.82) is 0 Å². The number of carbonyl (C=O) groups is 4. The zero-order valence-electron chi connectivity index (χ0n) is 53.9. The van der Waals surface area contributed by atoms with Gasteiger partial charge in [0.1, 0.15) is 19.3 Å². The van der Waals surface area contributed by atoms with E-state index in [2.05, 4.69) is 27.7 Å². The highest BCUT2D eigenvalue weighted by Gasteiger charge is 2.30. The molecular formula is C65H126O17P2. The summed E-state index contributed by atoms with van der Waals surface area (Å²) in [5.74, 6) is -2.15. The van der Waals surface area contributed by atoms with E-state index in [0.717, 1.165) is 96.3 Å². The second kappa shape index (κ2) is 60.0. The summed E-state index contributed by atoms with van der Waals surface area (Å²) >= 11 is 0. The van der Waals surface area contributed by atoms with Crippen LogP contribution in [-0.4, -0.2) is 96.7 Å². The maximum atomic E-state index is 13.0. The van der Waals surface area contributed by atoms with Crippen molar-refractivity contribution in [2.45, 2.75) is 354 Å². The molecule has 2 unspecified atom stereocenters. The molecule has 0 spiro atoms. The monoisotopic (exact) mass is 1240 g/mol. The average Bonchev–Trinajstić information content (AvgIpc) is 3.47. The third-order valence-corrected chi connectivity index (χ3v) is 17.0. The Morgan fingerprint density at radius 2 is 0.476 bits per heavy atom. The van der Waals surface area contributed by atoms with Crippen LogP contribution in [0.15, 0.2) is 0 Å². The fourth-order valence-electron chi connectivity index (χ4n) is 9.81. The number of unbranched alkanes of at least 4 members (excludes halogenated alkanes) is 40. The zero-order valence-corrected chi connectivity index (χ0v) is 55.7. The number of phosphoric acid groups is 2. The molecule has 19 heteroatoms. The van der Waals surface area contributed by atoms with Crippen LogP contribution in [0.2, 0.25) is 0 Å². The third kappa shape index (κ3) is 59.0. The first-order valence-electron chi connectivity index (χ1n) is 34.3. The summed E-state index contributed by atoms with van der Waals surface area (Å²) < 4.78 is 67.6. The molecule has 0 aromatic heterocycles. The Kier molecular flexibility index (Phi) is 58.6. The van der Waals surface area contributed by atoms with Gasteiger partial charge in [0.05, 0.1) is 26.4 Å². The summed E-state index contributed by atoms with van der Waals surface area (Å²) in [6.45, 7) is 4.72. The molecule has 0 bridgehead atoms. The number of hydrogen-bond donors (Lipinski definition) is 3. The summed E-state index contributed by atoms with van der Waals surface area (Å²) in [6, 6.07) is 0. The summed E-state index contributed by atoms with van der Waals surface area (Å²) in [6.07, 6.45) is 46.7. The standard InChI is InChI=1S/C65H126O17P2/c1-5-9-13-17-19-21-23-25-27-29-31-33-35-37-39-43-46-50-63(68)76-56-61(82-65(70)52-48-44-40-38-36-34-32-30-28-26-24-22-20-18-14-10-6-2)58-80-84(73,74)78-54-59(66)53-77-83(71,72)79-57-60(81-64(69)51-47-42-16-12-8-4)55-75-62(67)49-45-41-15-11-7-3/h59-61,66H,5-58H2,1-4H3,(H,71,72)(H,73,74)/t59-,60+,61+/m0/s1. The molecule has 0 rings (SSSR count). The molecule has 17 nitrogen and oxygen atoms in total. The first-order valence-corrected chi connectivity index (χ1v) is 37.3. The Hall–Kier alpha value is -1.94. The minimum Gasteiger partial charge on any atom is -0.462 e. The van der Waals surface area contributed by atoms with Gasteiger partial charge >= 0.3 is 39.5 Å². The molecule has 3 N–H and O–H groups in total. The van der Waals surface area contributed by atoms with Gasteiger partial charge < -0.3 is 33.8 Å². The normalized spacial score (nSPS) is 14.1. The van der Waals surface area contributed by atoms with E-state index in [4.69, 9.17) is 37.0 Å². The number of ether oxygens (including phenoxy) is 4. The Morgan fingerprint density at radius 3 is 0.702 bits per heavy atom. The fourth-order valence-corrected chi connectivity index (χ4v) is 11.4. The fraction of sp³-hybridized carbons (Fsp3) is 0.938. The van der Waals surface area contributed by atoms with Gasteiger partial charge in [0.2, 0.25) is 0 Å². The number of carbonyl (C=O) groups excluding carboxylic acids is 4. The Labute approximate surface area is 511 Å². The number of esters is 4. The van der Waals surface area contributed by atoms with Gasteiger partial charge in [-0.1, -0.05) is 285 Å². The molecule has 0 heterocycles. The van der Waals surface area contributed by atoms with Gasteiger partial charge in [0, 0.05) is 25.7 Å². The first kappa shape index (κ1) is 82.1. The third-order valence-electron chi connectivity index (χ3n) is 15.1. The molecular weight excluding hydrogens is 1110 g/mol. The number of rotatable bonds is 66. The number of hydrogen-bond acceptors (Lipinski definition) is 15. The van der Waals surface area contributed by atoms with Gasteiger partial charge in [-0.3, -0.25) is 37.3 Å². The highest BCUT2D eigenvalue weighted by Crippen LogP contribution is 2.45. The van der Waals surface area contributed by atoms with Gasteiger partial charge in [0.15, 0.2) is 12.2 Å². The molecule has 5 atom stereocenters. The van der Waals surface area contributed by atoms with E-state index in [9.17, 15) is 43.2 Å². The van der Waals surface area contributed by atoms with Gasteiger partial charge in [-0.05, 0) is 25.7 Å². The molecule has 0 saturated heterocycles. The van der Waals surface area contributed by atoms with Gasteiger partial charge in [-0.2, -0.15) is 0 Å². The van der Waals surface area contributed by atoms with Crippen LogP contribution in [0.5, 0.6) is 0 Å². The topological polar surface area (TPSA) is 237 Å². The van der Waals surface area contributed by atoms with E-state index < -0.39 is 97.5 Å². The molecule has 0 amide bonds. The van der Waals surface area contributed by atoms with Crippen molar-refractivity contribution in [3.8, 4) is 0 Å². The predicted molar refractivity (Wildman–Crippen MR) is 335 cm³/mol. The summed E-state index contributed by atoms with van der Waals surface area (Å²) in [4.78, 5) is 71.7. The van der Waals surface area contributed by atoms with E-state index in [1.165, 1.54) is 161 Å². The lowest BCUT2D eigenvalue weighted by molar-refractivity contribution is -0.161. The predicted octanol–water partition coefficient (Wildman–Crippen LogP) is 18.3. The van der Waals surface area contributed by atoms with E-state index in [1.807, 2.05) is 0 Å². The highest BCUT2D eigenvalue weighted by molar-refractivity contribution is 7.47. The molecule has 0 fully saturated rings. The second-order valence-corrected chi connectivity index (χ2v) is 26.4. The Bertz CT molecular complexity index is 1620. The molecule has 84 heavy (non-hydrogen) atoms.